The fourth-order valence-electron chi connectivity index (χ4n) is 13.0. The van der Waals surface area contributed by atoms with Gasteiger partial charge in [-0.3, -0.25) is 9.59 Å². The number of nitrogens with one attached hydrogen (secondary N) is 1. The fourth-order valence-corrected chi connectivity index (χ4v) is 13.0. The van der Waals surface area contributed by atoms with E-state index in [2.05, 4.69) is 55.6 Å². The molecule has 0 spiro atoms. The number of unbranched alkanes of at least 4 members (excludes halogenated alkanes) is 61. The Balaban J connectivity index is 3.39. The highest BCUT2D eigenvalue weighted by Crippen LogP contribution is 2.20. The van der Waals surface area contributed by atoms with Crippen LogP contribution in [0.5, 0.6) is 0 Å². The summed E-state index contributed by atoms with van der Waals surface area (Å²) in [7, 11) is 0. The molecule has 0 aliphatic rings. The second kappa shape index (κ2) is 80.3. The molecule has 0 heterocycles. The van der Waals surface area contributed by atoms with Gasteiger partial charge in [0.2, 0.25) is 5.91 Å². The molecule has 0 saturated heterocycles. The van der Waals surface area contributed by atoms with E-state index < -0.39 is 12.1 Å². The highest BCUT2D eigenvalue weighted by Gasteiger charge is 2.18. The van der Waals surface area contributed by atoms with Crippen molar-refractivity contribution in [3.05, 3.63) is 48.6 Å². The summed E-state index contributed by atoms with van der Waals surface area (Å²) in [5.41, 5.74) is 0. The van der Waals surface area contributed by atoms with Crippen LogP contribution in [0.15, 0.2) is 48.6 Å². The number of allylic oxidation sites excluding steroid dienone is 7. The summed E-state index contributed by atoms with van der Waals surface area (Å²) in [6, 6.07) is -0.628. The Morgan fingerprint density at radius 3 is 0.868 bits per heavy atom. The average Bonchev–Trinajstić information content (AvgIpc) is 3.58. The first-order valence-electron chi connectivity index (χ1n) is 41.4. The molecule has 91 heavy (non-hydrogen) atoms. The van der Waals surface area contributed by atoms with E-state index in [0.29, 0.717) is 19.4 Å². The highest BCUT2D eigenvalue weighted by molar-refractivity contribution is 5.76. The number of aliphatic hydroxyl groups excluding tert-OH is 2. The molecule has 0 aromatic carbocycles. The van der Waals surface area contributed by atoms with Crippen molar-refractivity contribution in [1.82, 2.24) is 5.32 Å². The van der Waals surface area contributed by atoms with Gasteiger partial charge in [-0.15, -0.1) is 0 Å². The van der Waals surface area contributed by atoms with Crippen molar-refractivity contribution in [3.8, 4) is 0 Å². The van der Waals surface area contributed by atoms with E-state index in [0.717, 1.165) is 51.4 Å². The van der Waals surface area contributed by atoms with Gasteiger partial charge in [-0.05, 0) is 89.9 Å². The first-order chi connectivity index (χ1) is 45.0. The molecule has 536 valence electrons. The van der Waals surface area contributed by atoms with E-state index in [9.17, 15) is 19.8 Å². The van der Waals surface area contributed by atoms with Gasteiger partial charge in [0.05, 0.1) is 25.4 Å². The first-order valence-corrected chi connectivity index (χ1v) is 41.4. The second-order valence-electron chi connectivity index (χ2n) is 28.4. The lowest BCUT2D eigenvalue weighted by Gasteiger charge is -2.20. The summed E-state index contributed by atoms with van der Waals surface area (Å²) >= 11 is 0. The van der Waals surface area contributed by atoms with Crippen LogP contribution in [-0.2, 0) is 14.3 Å². The monoisotopic (exact) mass is 1280 g/mol. The molecular formula is C85H161NO5. The minimum absolute atomic E-state index is 0.00885. The third kappa shape index (κ3) is 76.7. The number of hydrogen-bond acceptors (Lipinski definition) is 5. The maximum atomic E-state index is 12.6. The molecule has 0 aliphatic carbocycles. The molecule has 2 unspecified atom stereocenters. The standard InChI is InChI=1S/C85H161NO5/c1-3-5-7-9-11-13-15-17-18-19-20-21-22-36-39-42-45-48-51-54-57-61-65-69-73-77-83(88)82(81-87)86-84(89)78-74-70-66-62-58-55-52-49-46-43-40-37-34-32-30-28-26-24-23-25-27-29-31-33-35-38-41-44-47-50-53-56-60-64-68-72-76-80-91-85(90)79-75-71-67-63-59-16-14-12-10-8-6-4-2/h12,14,23,25,29,31,73,77,82-83,87-88H,3-11,13,15-22,24,26-28,30,32-72,74-76,78-81H2,1-2H3,(H,86,89)/b14-12-,25-23-,31-29-,77-73+. The Hall–Kier alpha value is -2.18. The predicted octanol–water partition coefficient (Wildman–Crippen LogP) is 27.5. The zero-order valence-corrected chi connectivity index (χ0v) is 61.6. The van der Waals surface area contributed by atoms with Gasteiger partial charge in [0.25, 0.3) is 0 Å². The van der Waals surface area contributed by atoms with Gasteiger partial charge in [-0.1, -0.05) is 403 Å². The van der Waals surface area contributed by atoms with Crippen molar-refractivity contribution in [3.63, 3.8) is 0 Å². The number of aliphatic hydroxyl groups is 2. The van der Waals surface area contributed by atoms with Gasteiger partial charge in [-0.2, -0.15) is 0 Å². The molecule has 3 N–H and O–H groups in total. The molecule has 0 aliphatic heterocycles. The van der Waals surface area contributed by atoms with Gasteiger partial charge >= 0.3 is 5.97 Å². The summed E-state index contributed by atoms with van der Waals surface area (Å²) in [5.74, 6) is -0.0514. The average molecular weight is 1280 g/mol. The van der Waals surface area contributed by atoms with Crippen LogP contribution >= 0.6 is 0 Å². The van der Waals surface area contributed by atoms with E-state index in [-0.39, 0.29) is 18.5 Å². The molecule has 0 rings (SSSR count). The number of esters is 1. The Morgan fingerprint density at radius 2 is 0.549 bits per heavy atom. The van der Waals surface area contributed by atoms with E-state index in [4.69, 9.17) is 4.74 Å². The topological polar surface area (TPSA) is 95.9 Å². The van der Waals surface area contributed by atoms with Crippen LogP contribution < -0.4 is 5.32 Å². The lowest BCUT2D eigenvalue weighted by Crippen LogP contribution is -2.45. The zero-order valence-electron chi connectivity index (χ0n) is 61.6. The van der Waals surface area contributed by atoms with Crippen LogP contribution in [0.4, 0.5) is 0 Å². The normalized spacial score (nSPS) is 12.7. The predicted molar refractivity (Wildman–Crippen MR) is 402 cm³/mol. The largest absolute Gasteiger partial charge is 0.466 e. The molecule has 0 aromatic heterocycles. The van der Waals surface area contributed by atoms with Gasteiger partial charge in [0.15, 0.2) is 0 Å². The van der Waals surface area contributed by atoms with Crippen LogP contribution in [0.1, 0.15) is 457 Å². The maximum absolute atomic E-state index is 12.6. The van der Waals surface area contributed by atoms with Crippen LogP contribution in [0, 0.1) is 0 Å². The molecule has 6 heteroatoms. The Bertz CT molecular complexity index is 1520. The van der Waals surface area contributed by atoms with Crippen molar-refractivity contribution >= 4 is 11.9 Å². The first kappa shape index (κ1) is 88.8. The molecule has 0 saturated carbocycles. The number of carbonyl (C=O) groups excluding carboxylic acids is 2. The maximum Gasteiger partial charge on any atom is 0.305 e. The smallest absolute Gasteiger partial charge is 0.305 e. The molecule has 0 bridgehead atoms. The van der Waals surface area contributed by atoms with Crippen LogP contribution in [0.25, 0.3) is 0 Å². The summed E-state index contributed by atoms with van der Waals surface area (Å²) in [5, 5.41) is 23.3. The van der Waals surface area contributed by atoms with E-state index in [1.165, 1.54) is 379 Å². The van der Waals surface area contributed by atoms with E-state index in [1.807, 2.05) is 6.08 Å². The van der Waals surface area contributed by atoms with Gasteiger partial charge in [-0.25, -0.2) is 0 Å². The minimum atomic E-state index is -0.845. The Labute approximate surface area is 569 Å². The molecule has 0 radical (unpaired) electrons. The van der Waals surface area contributed by atoms with Gasteiger partial charge in [0, 0.05) is 12.8 Å². The molecular weight excluding hydrogens is 1110 g/mol. The van der Waals surface area contributed by atoms with Gasteiger partial charge < -0.3 is 20.3 Å². The van der Waals surface area contributed by atoms with Crippen molar-refractivity contribution in [1.29, 1.82) is 0 Å². The van der Waals surface area contributed by atoms with Crippen molar-refractivity contribution in [2.45, 2.75) is 469 Å². The molecule has 6 nitrogen and oxygen atoms in total. The van der Waals surface area contributed by atoms with E-state index >= 15 is 0 Å². The summed E-state index contributed by atoms with van der Waals surface area (Å²) < 4.78 is 5.48. The van der Waals surface area contributed by atoms with Crippen molar-refractivity contribution in [2.75, 3.05) is 13.2 Å². The summed E-state index contributed by atoms with van der Waals surface area (Å²) in [6.07, 6.45) is 107. The van der Waals surface area contributed by atoms with Crippen molar-refractivity contribution in [2.24, 2.45) is 0 Å². The van der Waals surface area contributed by atoms with Crippen LogP contribution in [0.3, 0.4) is 0 Å². The van der Waals surface area contributed by atoms with Crippen molar-refractivity contribution < 1.29 is 24.5 Å². The van der Waals surface area contributed by atoms with Crippen LogP contribution in [-0.4, -0.2) is 47.4 Å². The quantitative estimate of drug-likeness (QED) is 0.0320. The molecule has 1 amide bonds. The molecule has 0 aromatic rings. The molecule has 2 atom stereocenters. The SMILES string of the molecule is CCCCC/C=C\CCCCCCCC(=O)OCCCCCCCCCCCCCCC/C=C\C/C=C\CCCCCCCCCCCCCCCCCCCC(=O)NC(CO)C(O)/C=C/CCCCCCCCCCCCCCCCCCCCCCCCC. The Morgan fingerprint density at radius 1 is 0.308 bits per heavy atom. The van der Waals surface area contributed by atoms with Crippen LogP contribution in [0.2, 0.25) is 0 Å². The number of amides is 1. The molecule has 0 fully saturated rings. The minimum Gasteiger partial charge on any atom is -0.466 e. The summed E-state index contributed by atoms with van der Waals surface area (Å²) in [6.45, 7) is 4.92. The number of hydrogen-bond donors (Lipinski definition) is 3. The zero-order chi connectivity index (χ0) is 65.6. The summed E-state index contributed by atoms with van der Waals surface area (Å²) in [4.78, 5) is 24.6. The fraction of sp³-hybridized carbons (Fsp3) is 0.882. The number of rotatable bonds is 78. The lowest BCUT2D eigenvalue weighted by molar-refractivity contribution is -0.143. The third-order valence-electron chi connectivity index (χ3n) is 19.3. The van der Waals surface area contributed by atoms with E-state index in [1.54, 1.807) is 6.08 Å². The third-order valence-corrected chi connectivity index (χ3v) is 19.3. The highest BCUT2D eigenvalue weighted by atomic mass is 16.5. The lowest BCUT2D eigenvalue weighted by atomic mass is 10.0. The number of ether oxygens (including phenoxy) is 1. The second-order valence-corrected chi connectivity index (χ2v) is 28.4. The Kier molecular flexibility index (Phi) is 78.3. The number of carbonyl (C=O) groups is 2. The van der Waals surface area contributed by atoms with Gasteiger partial charge in [0.1, 0.15) is 0 Å².